The largest absolute Gasteiger partial charge is 0.449 e. The van der Waals surface area contributed by atoms with Gasteiger partial charge in [-0.3, -0.25) is 19.3 Å². The molecule has 1 aliphatic heterocycles. The van der Waals surface area contributed by atoms with Crippen molar-refractivity contribution in [3.63, 3.8) is 0 Å². The third-order valence-corrected chi connectivity index (χ3v) is 4.71. The Morgan fingerprint density at radius 1 is 1.10 bits per heavy atom. The highest BCUT2D eigenvalue weighted by molar-refractivity contribution is 6.20. The zero-order chi connectivity index (χ0) is 21.8. The predicted octanol–water partition coefficient (Wildman–Crippen LogP) is 2.68. The first-order valence-corrected chi connectivity index (χ1v) is 9.42. The fraction of sp³-hybridized carbons (Fsp3) is 0.273. The van der Waals surface area contributed by atoms with Gasteiger partial charge in [0.05, 0.1) is 11.3 Å². The van der Waals surface area contributed by atoms with Crippen LogP contribution >= 0.6 is 0 Å². The topological polar surface area (TPSA) is 84.0 Å². The van der Waals surface area contributed by atoms with Gasteiger partial charge in [0.25, 0.3) is 5.91 Å². The van der Waals surface area contributed by atoms with Gasteiger partial charge in [0.2, 0.25) is 11.8 Å². The van der Waals surface area contributed by atoms with Gasteiger partial charge in [0, 0.05) is 26.4 Å². The van der Waals surface area contributed by atoms with Crippen molar-refractivity contribution < 1.29 is 28.3 Å². The molecule has 0 aliphatic carbocycles. The average Bonchev–Trinajstić information content (AvgIpc) is 3.05. The van der Waals surface area contributed by atoms with Crippen molar-refractivity contribution in [3.05, 3.63) is 65.5 Å². The number of rotatable bonds is 6. The van der Waals surface area contributed by atoms with E-state index in [-0.39, 0.29) is 36.8 Å². The summed E-state index contributed by atoms with van der Waals surface area (Å²) in [6.07, 6.45) is -0.803. The smallest absolute Gasteiger partial charge is 0.338 e. The van der Waals surface area contributed by atoms with E-state index in [1.165, 1.54) is 49.2 Å². The second-order valence-corrected chi connectivity index (χ2v) is 7.04. The number of halogens is 1. The molecule has 3 amide bonds. The van der Waals surface area contributed by atoms with E-state index in [4.69, 9.17) is 4.74 Å². The molecule has 0 N–H and O–H groups in total. The molecule has 0 radical (unpaired) electrons. The van der Waals surface area contributed by atoms with Crippen molar-refractivity contribution in [3.8, 4) is 0 Å². The van der Waals surface area contributed by atoms with Gasteiger partial charge in [-0.1, -0.05) is 18.2 Å². The number of amides is 3. The van der Waals surface area contributed by atoms with E-state index in [2.05, 4.69) is 0 Å². The van der Waals surface area contributed by atoms with Gasteiger partial charge in [-0.25, -0.2) is 9.18 Å². The quantitative estimate of drug-likeness (QED) is 0.538. The van der Waals surface area contributed by atoms with Crippen LogP contribution in [0.2, 0.25) is 0 Å². The molecular formula is C22H21FN2O5. The Bertz CT molecular complexity index is 991. The van der Waals surface area contributed by atoms with Crippen molar-refractivity contribution >= 4 is 29.4 Å². The zero-order valence-electron chi connectivity index (χ0n) is 16.6. The van der Waals surface area contributed by atoms with E-state index in [1.807, 2.05) is 0 Å². The van der Waals surface area contributed by atoms with Crippen LogP contribution in [0, 0.1) is 5.82 Å². The van der Waals surface area contributed by atoms with Crippen LogP contribution in [0.5, 0.6) is 0 Å². The average molecular weight is 412 g/mol. The van der Waals surface area contributed by atoms with Gasteiger partial charge in [0.1, 0.15) is 5.82 Å². The summed E-state index contributed by atoms with van der Waals surface area (Å²) < 4.78 is 18.6. The van der Waals surface area contributed by atoms with Gasteiger partial charge in [-0.15, -0.1) is 0 Å². The molecule has 1 unspecified atom stereocenters. The Hall–Kier alpha value is -3.55. The molecule has 1 aliphatic rings. The first-order chi connectivity index (χ1) is 14.3. The maximum Gasteiger partial charge on any atom is 0.338 e. The number of benzene rings is 2. The van der Waals surface area contributed by atoms with Gasteiger partial charge in [-0.2, -0.15) is 0 Å². The zero-order valence-corrected chi connectivity index (χ0v) is 16.6. The molecule has 0 saturated carbocycles. The molecule has 1 saturated heterocycles. The lowest BCUT2D eigenvalue weighted by atomic mass is 10.2. The van der Waals surface area contributed by atoms with Crippen molar-refractivity contribution in [2.75, 3.05) is 11.9 Å². The van der Waals surface area contributed by atoms with Crippen LogP contribution in [0.1, 0.15) is 35.7 Å². The van der Waals surface area contributed by atoms with Crippen LogP contribution in [-0.4, -0.2) is 41.7 Å². The van der Waals surface area contributed by atoms with Crippen LogP contribution in [0.4, 0.5) is 10.1 Å². The van der Waals surface area contributed by atoms with E-state index in [0.29, 0.717) is 11.3 Å². The summed E-state index contributed by atoms with van der Waals surface area (Å²) in [5.74, 6) is -2.26. The Kier molecular flexibility index (Phi) is 6.25. The highest BCUT2D eigenvalue weighted by atomic mass is 19.1. The molecule has 0 spiro atoms. The number of ether oxygens (including phenoxy) is 1. The first kappa shape index (κ1) is 21.2. The highest BCUT2D eigenvalue weighted by Crippen LogP contribution is 2.24. The number of anilines is 1. The number of imide groups is 1. The van der Waals surface area contributed by atoms with E-state index in [9.17, 15) is 23.6 Å². The van der Waals surface area contributed by atoms with Gasteiger partial charge >= 0.3 is 5.97 Å². The molecular weight excluding hydrogens is 391 g/mol. The maximum atomic E-state index is 13.3. The summed E-state index contributed by atoms with van der Waals surface area (Å²) in [5.41, 5.74) is 1.02. The molecule has 3 rings (SSSR count). The number of hydrogen-bond donors (Lipinski definition) is 0. The monoisotopic (exact) mass is 412 g/mol. The molecule has 156 valence electrons. The number of hydrogen-bond acceptors (Lipinski definition) is 5. The van der Waals surface area contributed by atoms with Crippen molar-refractivity contribution in [1.82, 2.24) is 4.90 Å². The summed E-state index contributed by atoms with van der Waals surface area (Å²) in [7, 11) is 1.53. The van der Waals surface area contributed by atoms with Crippen LogP contribution in [0.3, 0.4) is 0 Å². The van der Waals surface area contributed by atoms with E-state index >= 15 is 0 Å². The number of likely N-dealkylation sites (N-methyl/N-ethyl adjacent to an activating group) is 1. The fourth-order valence-electron chi connectivity index (χ4n) is 3.21. The number of esters is 1. The SMILES string of the molecule is CC(OC(=O)c1cccc(N2C(=O)CCC2=O)c1)C(=O)N(C)Cc1cccc(F)c1. The number of nitrogens with zero attached hydrogens (tertiary/aromatic N) is 2. The van der Waals surface area contributed by atoms with Crippen LogP contribution in [-0.2, 0) is 25.7 Å². The van der Waals surface area contributed by atoms with Crippen molar-refractivity contribution in [2.24, 2.45) is 0 Å². The lowest BCUT2D eigenvalue weighted by molar-refractivity contribution is -0.139. The number of carbonyl (C=O) groups excluding carboxylic acids is 4. The highest BCUT2D eigenvalue weighted by Gasteiger charge is 2.31. The minimum Gasteiger partial charge on any atom is -0.449 e. The summed E-state index contributed by atoms with van der Waals surface area (Å²) >= 11 is 0. The standard InChI is InChI=1S/C22H21FN2O5/c1-14(21(28)24(2)13-15-5-3-7-17(23)11-15)30-22(29)16-6-4-8-18(12-16)25-19(26)9-10-20(25)27/h3-8,11-12,14H,9-10,13H2,1-2H3. The Balaban J connectivity index is 1.65. The van der Waals surface area contributed by atoms with E-state index in [1.54, 1.807) is 18.2 Å². The molecule has 0 aromatic heterocycles. The van der Waals surface area contributed by atoms with Crippen molar-refractivity contribution in [2.45, 2.75) is 32.4 Å². The lowest BCUT2D eigenvalue weighted by Gasteiger charge is -2.22. The van der Waals surface area contributed by atoms with Crippen LogP contribution < -0.4 is 4.90 Å². The minimum atomic E-state index is -1.07. The lowest BCUT2D eigenvalue weighted by Crippen LogP contribution is -2.37. The van der Waals surface area contributed by atoms with Crippen LogP contribution in [0.25, 0.3) is 0 Å². The molecule has 8 heteroatoms. The molecule has 7 nitrogen and oxygen atoms in total. The molecule has 1 atom stereocenters. The first-order valence-electron chi connectivity index (χ1n) is 9.42. The maximum absolute atomic E-state index is 13.3. The summed E-state index contributed by atoms with van der Waals surface area (Å²) in [4.78, 5) is 51.2. The molecule has 2 aromatic carbocycles. The number of carbonyl (C=O) groups is 4. The van der Waals surface area contributed by atoms with Gasteiger partial charge in [-0.05, 0) is 42.8 Å². The van der Waals surface area contributed by atoms with E-state index < -0.39 is 23.8 Å². The third-order valence-electron chi connectivity index (χ3n) is 4.71. The second-order valence-electron chi connectivity index (χ2n) is 7.04. The fourth-order valence-corrected chi connectivity index (χ4v) is 3.21. The summed E-state index contributed by atoms with van der Waals surface area (Å²) in [6.45, 7) is 1.60. The third kappa shape index (κ3) is 4.71. The minimum absolute atomic E-state index is 0.118. The second kappa shape index (κ2) is 8.86. The predicted molar refractivity (Wildman–Crippen MR) is 106 cm³/mol. The normalized spacial score (nSPS) is 14.6. The Morgan fingerprint density at radius 3 is 2.43 bits per heavy atom. The molecule has 30 heavy (non-hydrogen) atoms. The van der Waals surface area contributed by atoms with E-state index in [0.717, 1.165) is 4.90 Å². The van der Waals surface area contributed by atoms with Gasteiger partial charge in [0.15, 0.2) is 6.10 Å². The Labute approximate surface area is 173 Å². The van der Waals surface area contributed by atoms with Crippen LogP contribution in [0.15, 0.2) is 48.5 Å². The molecule has 1 heterocycles. The summed E-state index contributed by atoms with van der Waals surface area (Å²) in [5, 5.41) is 0. The molecule has 2 aromatic rings. The van der Waals surface area contributed by atoms with Crippen molar-refractivity contribution in [1.29, 1.82) is 0 Å². The molecule has 0 bridgehead atoms. The Morgan fingerprint density at radius 2 is 1.77 bits per heavy atom. The van der Waals surface area contributed by atoms with Gasteiger partial charge < -0.3 is 9.64 Å². The summed E-state index contributed by atoms with van der Waals surface area (Å²) in [6, 6.07) is 11.8. The molecule has 1 fully saturated rings.